The molecule has 0 aromatic heterocycles. The zero-order valence-corrected chi connectivity index (χ0v) is 11.7. The zero-order valence-electron chi connectivity index (χ0n) is 11.7. The summed E-state index contributed by atoms with van der Waals surface area (Å²) in [5.41, 5.74) is 5.79. The Balaban J connectivity index is 2.27. The van der Waals surface area contributed by atoms with Crippen molar-refractivity contribution in [1.29, 1.82) is 0 Å². The first-order valence-corrected chi connectivity index (χ1v) is 6.56. The highest BCUT2D eigenvalue weighted by Gasteiger charge is 2.30. The average Bonchev–Trinajstić information content (AvgIpc) is 2.38. The normalized spacial score (nSPS) is 14.0. The maximum atomic E-state index is 13.2. The molecular formula is C16H18FNO2. The fourth-order valence-corrected chi connectivity index (χ4v) is 2.17. The van der Waals surface area contributed by atoms with E-state index in [1.54, 1.807) is 19.9 Å². The maximum absolute atomic E-state index is 13.2. The van der Waals surface area contributed by atoms with Crippen LogP contribution in [0.4, 0.5) is 4.39 Å². The van der Waals surface area contributed by atoms with Crippen LogP contribution in [-0.2, 0) is 16.0 Å². The second-order valence-corrected chi connectivity index (χ2v) is 5.14. The van der Waals surface area contributed by atoms with E-state index in [0.29, 0.717) is 13.0 Å². The van der Waals surface area contributed by atoms with E-state index in [9.17, 15) is 9.18 Å². The van der Waals surface area contributed by atoms with Crippen molar-refractivity contribution in [1.82, 2.24) is 0 Å². The molecule has 0 fully saturated rings. The van der Waals surface area contributed by atoms with Gasteiger partial charge in [0.15, 0.2) is 0 Å². The molecule has 2 aromatic carbocycles. The maximum Gasteiger partial charge on any atom is 0.326 e. The Morgan fingerprint density at radius 3 is 2.65 bits per heavy atom. The predicted octanol–water partition coefficient (Wildman–Crippen LogP) is 2.80. The summed E-state index contributed by atoms with van der Waals surface area (Å²) < 4.78 is 18.2. The van der Waals surface area contributed by atoms with Gasteiger partial charge in [-0.2, -0.15) is 0 Å². The van der Waals surface area contributed by atoms with E-state index >= 15 is 0 Å². The van der Waals surface area contributed by atoms with Crippen LogP contribution in [-0.4, -0.2) is 18.1 Å². The van der Waals surface area contributed by atoms with Gasteiger partial charge in [0.25, 0.3) is 0 Å². The highest BCUT2D eigenvalue weighted by atomic mass is 19.1. The van der Waals surface area contributed by atoms with Crippen LogP contribution in [0.1, 0.15) is 19.4 Å². The number of nitrogens with two attached hydrogens (primary N) is 1. The van der Waals surface area contributed by atoms with Crippen molar-refractivity contribution >= 4 is 16.7 Å². The highest BCUT2D eigenvalue weighted by molar-refractivity contribution is 5.84. The molecule has 2 N–H and O–H groups in total. The molecule has 0 unspecified atom stereocenters. The zero-order chi connectivity index (χ0) is 14.8. The van der Waals surface area contributed by atoms with Crippen molar-refractivity contribution in [3.63, 3.8) is 0 Å². The molecule has 0 saturated carbocycles. The lowest BCUT2D eigenvalue weighted by atomic mass is 9.93. The average molecular weight is 275 g/mol. The Morgan fingerprint density at radius 2 is 1.95 bits per heavy atom. The van der Waals surface area contributed by atoms with E-state index in [1.807, 2.05) is 18.2 Å². The number of halogens is 1. The van der Waals surface area contributed by atoms with Gasteiger partial charge in [0, 0.05) is 6.42 Å². The van der Waals surface area contributed by atoms with E-state index in [2.05, 4.69) is 0 Å². The molecule has 0 aliphatic rings. The van der Waals surface area contributed by atoms with Crippen LogP contribution in [0.3, 0.4) is 0 Å². The molecule has 0 bridgehead atoms. The van der Waals surface area contributed by atoms with Crippen molar-refractivity contribution in [2.75, 3.05) is 6.61 Å². The van der Waals surface area contributed by atoms with Crippen LogP contribution in [0.5, 0.6) is 0 Å². The van der Waals surface area contributed by atoms with Gasteiger partial charge in [0.2, 0.25) is 0 Å². The Morgan fingerprint density at radius 1 is 1.25 bits per heavy atom. The molecule has 0 amide bonds. The summed E-state index contributed by atoms with van der Waals surface area (Å²) in [5, 5.41) is 1.74. The van der Waals surface area contributed by atoms with Crippen LogP contribution in [0.15, 0.2) is 36.4 Å². The quantitative estimate of drug-likeness (QED) is 0.873. The van der Waals surface area contributed by atoms with Crippen LogP contribution >= 0.6 is 0 Å². The van der Waals surface area contributed by atoms with Crippen LogP contribution in [0.25, 0.3) is 10.8 Å². The second-order valence-electron chi connectivity index (χ2n) is 5.14. The number of carbonyl (C=O) groups is 1. The molecule has 0 aliphatic carbocycles. The predicted molar refractivity (Wildman–Crippen MR) is 76.8 cm³/mol. The molecule has 0 heterocycles. The molecule has 0 spiro atoms. The summed E-state index contributed by atoms with van der Waals surface area (Å²) in [7, 11) is 0. The monoisotopic (exact) mass is 275 g/mol. The largest absolute Gasteiger partial charge is 0.465 e. The molecule has 0 aliphatic heterocycles. The smallest absolute Gasteiger partial charge is 0.326 e. The summed E-state index contributed by atoms with van der Waals surface area (Å²) in [6.45, 7) is 3.68. The van der Waals surface area contributed by atoms with E-state index in [0.717, 1.165) is 16.3 Å². The number of carbonyl (C=O) groups excluding carboxylic acids is 1. The number of rotatable bonds is 4. The summed E-state index contributed by atoms with van der Waals surface area (Å²) in [5.74, 6) is -0.713. The van der Waals surface area contributed by atoms with Crippen molar-refractivity contribution < 1.29 is 13.9 Å². The van der Waals surface area contributed by atoms with Gasteiger partial charge in [0.05, 0.1) is 6.61 Å². The third-order valence-corrected chi connectivity index (χ3v) is 3.18. The third-order valence-electron chi connectivity index (χ3n) is 3.18. The molecule has 106 valence electrons. The first kappa shape index (κ1) is 14.5. The molecular weight excluding hydrogens is 257 g/mol. The van der Waals surface area contributed by atoms with Gasteiger partial charge in [-0.3, -0.25) is 4.79 Å². The molecule has 2 aromatic rings. The molecule has 4 heteroatoms. The summed E-state index contributed by atoms with van der Waals surface area (Å²) in [6, 6.07) is 10.3. The van der Waals surface area contributed by atoms with E-state index in [-0.39, 0.29) is 5.82 Å². The number of hydrogen-bond acceptors (Lipinski definition) is 3. The van der Waals surface area contributed by atoms with Crippen LogP contribution in [0, 0.1) is 5.82 Å². The Hall–Kier alpha value is -1.94. The Kier molecular flexibility index (Phi) is 4.04. The summed E-state index contributed by atoms with van der Waals surface area (Å²) in [4.78, 5) is 11.8. The van der Waals surface area contributed by atoms with E-state index in [4.69, 9.17) is 10.5 Å². The Labute approximate surface area is 117 Å². The molecule has 0 saturated heterocycles. The molecule has 20 heavy (non-hydrogen) atoms. The lowest BCUT2D eigenvalue weighted by Crippen LogP contribution is -2.48. The number of esters is 1. The summed E-state index contributed by atoms with van der Waals surface area (Å²) in [6.07, 6.45) is 0.346. The third kappa shape index (κ3) is 3.14. The lowest BCUT2D eigenvalue weighted by Gasteiger charge is -2.22. The molecule has 3 nitrogen and oxygen atoms in total. The van der Waals surface area contributed by atoms with Gasteiger partial charge >= 0.3 is 5.97 Å². The van der Waals surface area contributed by atoms with Gasteiger partial charge in [-0.25, -0.2) is 4.39 Å². The van der Waals surface area contributed by atoms with Gasteiger partial charge in [0.1, 0.15) is 11.4 Å². The minimum Gasteiger partial charge on any atom is -0.465 e. The Bertz CT molecular complexity index is 637. The molecule has 2 rings (SSSR count). The first-order valence-electron chi connectivity index (χ1n) is 6.56. The summed E-state index contributed by atoms with van der Waals surface area (Å²) >= 11 is 0. The molecule has 1 atom stereocenters. The van der Waals surface area contributed by atoms with Crippen molar-refractivity contribution in [3.8, 4) is 0 Å². The number of benzene rings is 2. The van der Waals surface area contributed by atoms with Crippen molar-refractivity contribution in [3.05, 3.63) is 47.8 Å². The van der Waals surface area contributed by atoms with Gasteiger partial charge in [-0.05, 0) is 42.3 Å². The van der Waals surface area contributed by atoms with Crippen LogP contribution in [0.2, 0.25) is 0 Å². The second kappa shape index (κ2) is 5.59. The lowest BCUT2D eigenvalue weighted by molar-refractivity contribution is -0.148. The fourth-order valence-electron chi connectivity index (χ4n) is 2.17. The van der Waals surface area contributed by atoms with Gasteiger partial charge in [-0.1, -0.05) is 24.3 Å². The van der Waals surface area contributed by atoms with Crippen LogP contribution < -0.4 is 5.73 Å². The minimum absolute atomic E-state index is 0.282. The topological polar surface area (TPSA) is 52.3 Å². The van der Waals surface area contributed by atoms with Crippen molar-refractivity contribution in [2.24, 2.45) is 5.73 Å². The van der Waals surface area contributed by atoms with E-state index < -0.39 is 11.5 Å². The number of fused-ring (bicyclic) bond motifs is 1. The van der Waals surface area contributed by atoms with Crippen molar-refractivity contribution in [2.45, 2.75) is 25.8 Å². The van der Waals surface area contributed by atoms with E-state index in [1.165, 1.54) is 12.1 Å². The molecule has 0 radical (unpaired) electrons. The SMILES string of the molecule is CCOC(=O)[C@@](C)(N)Cc1ccc2ccc(F)cc2c1. The standard InChI is InChI=1S/C16H18FNO2/c1-3-20-15(19)16(2,18)10-11-4-5-12-6-7-14(17)9-13(12)8-11/h4-9H,3,10,18H2,1-2H3/t16-/m0/s1. The minimum atomic E-state index is -1.09. The fraction of sp³-hybridized carbons (Fsp3) is 0.312. The van der Waals surface area contributed by atoms with Gasteiger partial charge < -0.3 is 10.5 Å². The number of hydrogen-bond donors (Lipinski definition) is 1. The first-order chi connectivity index (χ1) is 9.42. The highest BCUT2D eigenvalue weighted by Crippen LogP contribution is 2.20. The van der Waals surface area contributed by atoms with Gasteiger partial charge in [-0.15, -0.1) is 0 Å². The number of ether oxygens (including phenoxy) is 1.